The second-order valence-electron chi connectivity index (χ2n) is 7.83. The molecule has 3 fully saturated rings. The monoisotopic (exact) mass is 391 g/mol. The smallest absolute Gasteiger partial charge is 0.397 e. The Morgan fingerprint density at radius 1 is 1.11 bits per heavy atom. The maximum absolute atomic E-state index is 12.5. The summed E-state index contributed by atoms with van der Waals surface area (Å²) in [6.07, 6.45) is -2.97. The number of amides is 3. The number of nitrogens with zero attached hydrogens (tertiary/aromatic N) is 2. The van der Waals surface area contributed by atoms with E-state index < -0.39 is 29.9 Å². The molecule has 2 aliphatic heterocycles. The van der Waals surface area contributed by atoms with Gasteiger partial charge in [0.1, 0.15) is 6.42 Å². The van der Waals surface area contributed by atoms with Crippen LogP contribution in [0.25, 0.3) is 0 Å². The first kappa shape index (κ1) is 19.8. The van der Waals surface area contributed by atoms with Gasteiger partial charge in [-0.15, -0.1) is 0 Å². The summed E-state index contributed by atoms with van der Waals surface area (Å²) in [4.78, 5) is 38.5. The third-order valence-electron chi connectivity index (χ3n) is 6.11. The van der Waals surface area contributed by atoms with Crippen LogP contribution in [-0.4, -0.2) is 71.2 Å². The number of carboxylic acids is 1. The highest BCUT2D eigenvalue weighted by molar-refractivity contribution is 5.81. The molecule has 1 aliphatic carbocycles. The molecule has 0 radical (unpaired) electrons. The zero-order valence-corrected chi connectivity index (χ0v) is 14.9. The van der Waals surface area contributed by atoms with Gasteiger partial charge in [0.05, 0.1) is 5.41 Å². The molecule has 0 aromatic heterocycles. The highest BCUT2D eigenvalue weighted by Gasteiger charge is 2.55. The van der Waals surface area contributed by atoms with Crippen LogP contribution in [0.5, 0.6) is 0 Å². The molecule has 0 aromatic rings. The largest absolute Gasteiger partial charge is 0.481 e. The first-order valence-corrected chi connectivity index (χ1v) is 9.24. The van der Waals surface area contributed by atoms with Gasteiger partial charge in [-0.05, 0) is 31.6 Å². The van der Waals surface area contributed by atoms with E-state index in [1.54, 1.807) is 4.90 Å². The molecule has 0 aromatic carbocycles. The van der Waals surface area contributed by atoms with Crippen LogP contribution in [-0.2, 0) is 9.59 Å². The number of alkyl halides is 3. The van der Waals surface area contributed by atoms with Gasteiger partial charge < -0.3 is 20.2 Å². The Bertz CT molecular complexity index is 619. The van der Waals surface area contributed by atoms with Crippen molar-refractivity contribution in [2.75, 3.05) is 26.2 Å². The van der Waals surface area contributed by atoms with Crippen LogP contribution in [0.4, 0.5) is 18.0 Å². The van der Waals surface area contributed by atoms with Crippen LogP contribution in [0.2, 0.25) is 0 Å². The zero-order chi connectivity index (χ0) is 19.8. The second kappa shape index (κ2) is 7.20. The van der Waals surface area contributed by atoms with E-state index >= 15 is 0 Å². The predicted molar refractivity (Wildman–Crippen MR) is 87.8 cm³/mol. The van der Waals surface area contributed by atoms with E-state index in [-0.39, 0.29) is 37.6 Å². The maximum Gasteiger partial charge on any atom is 0.397 e. The first-order chi connectivity index (χ1) is 12.6. The van der Waals surface area contributed by atoms with Crippen molar-refractivity contribution in [3.63, 3.8) is 0 Å². The Balaban J connectivity index is 1.48. The Labute approximate surface area is 154 Å². The molecule has 152 valence electrons. The number of hydrogen-bond donors (Lipinski definition) is 2. The Morgan fingerprint density at radius 2 is 1.78 bits per heavy atom. The number of piperidine rings is 1. The third-order valence-corrected chi connectivity index (χ3v) is 6.11. The number of hydrogen-bond acceptors (Lipinski definition) is 3. The van der Waals surface area contributed by atoms with Gasteiger partial charge in [0.2, 0.25) is 5.91 Å². The molecular formula is C17H24F3N3O4. The summed E-state index contributed by atoms with van der Waals surface area (Å²) in [6, 6.07) is -0.557. The van der Waals surface area contributed by atoms with Crippen molar-refractivity contribution in [2.45, 2.75) is 50.7 Å². The molecule has 2 saturated heterocycles. The summed E-state index contributed by atoms with van der Waals surface area (Å²) in [6.45, 7) is 0.950. The molecule has 7 nitrogen and oxygen atoms in total. The van der Waals surface area contributed by atoms with Gasteiger partial charge in [-0.3, -0.25) is 9.59 Å². The molecular weight excluding hydrogens is 367 g/mol. The minimum absolute atomic E-state index is 0.0254. The van der Waals surface area contributed by atoms with Gasteiger partial charge in [-0.1, -0.05) is 6.42 Å². The molecule has 3 aliphatic rings. The number of aliphatic carboxylic acids is 1. The number of urea groups is 1. The van der Waals surface area contributed by atoms with Crippen LogP contribution in [0.15, 0.2) is 0 Å². The summed E-state index contributed by atoms with van der Waals surface area (Å²) in [5.74, 6) is -1.82. The molecule has 3 amide bonds. The average molecular weight is 391 g/mol. The van der Waals surface area contributed by atoms with Crippen molar-refractivity contribution < 1.29 is 32.7 Å². The lowest BCUT2D eigenvalue weighted by molar-refractivity contribution is -0.162. The molecule has 27 heavy (non-hydrogen) atoms. The molecule has 2 N–H and O–H groups in total. The van der Waals surface area contributed by atoms with Gasteiger partial charge in [-0.25, -0.2) is 4.79 Å². The predicted octanol–water partition coefficient (Wildman–Crippen LogP) is 1.83. The summed E-state index contributed by atoms with van der Waals surface area (Å²) < 4.78 is 36.9. The average Bonchev–Trinajstić information content (AvgIpc) is 3.12. The molecule has 2 heterocycles. The number of nitrogens with one attached hydrogen (secondary N) is 1. The molecule has 0 spiro atoms. The fraction of sp³-hybridized carbons (Fsp3) is 0.824. The van der Waals surface area contributed by atoms with Crippen LogP contribution in [0, 0.1) is 11.3 Å². The Kier molecular flexibility index (Phi) is 5.27. The van der Waals surface area contributed by atoms with E-state index in [9.17, 15) is 32.7 Å². The summed E-state index contributed by atoms with van der Waals surface area (Å²) >= 11 is 0. The number of halogens is 3. The summed E-state index contributed by atoms with van der Waals surface area (Å²) in [5, 5.41) is 12.4. The number of fused-ring (bicyclic) bond motifs is 1. The van der Waals surface area contributed by atoms with Crippen molar-refractivity contribution in [3.05, 3.63) is 0 Å². The fourth-order valence-corrected chi connectivity index (χ4v) is 4.62. The van der Waals surface area contributed by atoms with E-state index in [0.29, 0.717) is 25.8 Å². The van der Waals surface area contributed by atoms with Crippen molar-refractivity contribution in [1.82, 2.24) is 15.1 Å². The van der Waals surface area contributed by atoms with Gasteiger partial charge in [0, 0.05) is 32.2 Å². The van der Waals surface area contributed by atoms with Crippen LogP contribution in [0.3, 0.4) is 0 Å². The normalized spacial score (nSPS) is 28.9. The van der Waals surface area contributed by atoms with Crippen LogP contribution < -0.4 is 5.32 Å². The van der Waals surface area contributed by atoms with Crippen LogP contribution >= 0.6 is 0 Å². The summed E-state index contributed by atoms with van der Waals surface area (Å²) in [5.41, 5.74) is -0.843. The lowest BCUT2D eigenvalue weighted by atomic mass is 9.81. The SMILES string of the molecule is O=C(CC(F)(F)F)N1CCC(NC(=O)N2C[C@@H]3CCC[C@@]3(C(=O)O)C2)CC1. The van der Waals surface area contributed by atoms with Gasteiger partial charge in [-0.2, -0.15) is 13.2 Å². The van der Waals surface area contributed by atoms with Crippen molar-refractivity contribution in [1.29, 1.82) is 0 Å². The number of likely N-dealkylation sites (tertiary alicyclic amines) is 2. The highest BCUT2D eigenvalue weighted by Crippen LogP contribution is 2.48. The zero-order valence-electron chi connectivity index (χ0n) is 14.9. The highest BCUT2D eigenvalue weighted by atomic mass is 19.4. The molecule has 0 unspecified atom stereocenters. The standard InChI is InChI=1S/C17H24F3N3O4/c18-17(19,20)8-13(24)22-6-3-12(4-7-22)21-15(27)23-9-11-2-1-5-16(11,10-23)14(25)26/h11-12H,1-10H2,(H,21,27)(H,25,26)/t11-,16+/m0/s1. The third kappa shape index (κ3) is 4.14. The number of rotatable bonds is 3. The van der Waals surface area contributed by atoms with Gasteiger partial charge >= 0.3 is 18.2 Å². The van der Waals surface area contributed by atoms with Crippen molar-refractivity contribution in [3.8, 4) is 0 Å². The first-order valence-electron chi connectivity index (χ1n) is 9.24. The summed E-state index contributed by atoms with van der Waals surface area (Å²) in [7, 11) is 0. The topological polar surface area (TPSA) is 90.0 Å². The van der Waals surface area contributed by atoms with E-state index in [0.717, 1.165) is 12.8 Å². The number of carboxylic acid groups (broad SMARTS) is 1. The second-order valence-corrected chi connectivity index (χ2v) is 7.83. The molecule has 2 atom stereocenters. The van der Waals surface area contributed by atoms with Gasteiger partial charge in [0.15, 0.2) is 0 Å². The molecule has 0 bridgehead atoms. The quantitative estimate of drug-likeness (QED) is 0.768. The number of carbonyl (C=O) groups is 3. The van der Waals surface area contributed by atoms with E-state index in [4.69, 9.17) is 0 Å². The van der Waals surface area contributed by atoms with E-state index in [2.05, 4.69) is 5.32 Å². The van der Waals surface area contributed by atoms with Crippen LogP contribution in [0.1, 0.15) is 38.5 Å². The van der Waals surface area contributed by atoms with Gasteiger partial charge in [0.25, 0.3) is 0 Å². The lowest BCUT2D eigenvalue weighted by Crippen LogP contribution is -2.50. The number of carbonyl (C=O) groups excluding carboxylic acids is 2. The maximum atomic E-state index is 12.5. The van der Waals surface area contributed by atoms with E-state index in [1.807, 2.05) is 0 Å². The van der Waals surface area contributed by atoms with Crippen molar-refractivity contribution in [2.24, 2.45) is 11.3 Å². The molecule has 10 heteroatoms. The van der Waals surface area contributed by atoms with Crippen molar-refractivity contribution >= 4 is 17.9 Å². The Morgan fingerprint density at radius 3 is 2.33 bits per heavy atom. The lowest BCUT2D eigenvalue weighted by Gasteiger charge is -2.33. The Hall–Kier alpha value is -2.00. The minimum Gasteiger partial charge on any atom is -0.481 e. The van der Waals surface area contributed by atoms with E-state index in [1.165, 1.54) is 4.90 Å². The molecule has 3 rings (SSSR count). The minimum atomic E-state index is -4.52. The molecule has 1 saturated carbocycles. The fourth-order valence-electron chi connectivity index (χ4n) is 4.62.